The number of carbonyl (C=O) groups excluding carboxylic acids is 1. The van der Waals surface area contributed by atoms with Crippen molar-refractivity contribution < 1.29 is 9.90 Å². The smallest absolute Gasteiger partial charge is 0.310 e. The van der Waals surface area contributed by atoms with Gasteiger partial charge >= 0.3 is 4.87 Å². The molecule has 0 saturated heterocycles. The molecule has 0 bridgehead atoms. The number of thiazole rings is 1. The summed E-state index contributed by atoms with van der Waals surface area (Å²) in [6, 6.07) is 7.68. The van der Waals surface area contributed by atoms with Gasteiger partial charge in [0, 0.05) is 55.2 Å². The number of aromatic amines is 1. The molecule has 1 aromatic carbocycles. The summed E-state index contributed by atoms with van der Waals surface area (Å²) in [5.74, 6) is -0.311. The van der Waals surface area contributed by atoms with Crippen LogP contribution in [0.2, 0.25) is 0 Å². The summed E-state index contributed by atoms with van der Waals surface area (Å²) in [6.07, 6.45) is 7.51. The number of H-pyrrole nitrogens is 1. The lowest BCUT2D eigenvalue weighted by Gasteiger charge is -2.06. The SMILES string of the molecule is O=C(CCn1c(O)c(C=C2C=Nc3ccccc32)sc1=O)NCCc1cnc[nH]1. The Labute approximate surface area is 170 Å². The van der Waals surface area contributed by atoms with Crippen molar-refractivity contribution in [3.63, 3.8) is 0 Å². The number of amides is 1. The third-order valence-corrected chi connectivity index (χ3v) is 5.49. The van der Waals surface area contributed by atoms with Crippen molar-refractivity contribution in [3.05, 3.63) is 62.6 Å². The van der Waals surface area contributed by atoms with Crippen LogP contribution in [0.5, 0.6) is 5.88 Å². The molecular weight excluding hydrogens is 390 g/mol. The topological polar surface area (TPSA) is 112 Å². The molecule has 1 aliphatic heterocycles. The molecule has 3 heterocycles. The molecule has 29 heavy (non-hydrogen) atoms. The Hall–Kier alpha value is -3.46. The van der Waals surface area contributed by atoms with Gasteiger partial charge in [0.25, 0.3) is 0 Å². The fourth-order valence-corrected chi connectivity index (χ4v) is 3.92. The number of hydrogen-bond donors (Lipinski definition) is 3. The van der Waals surface area contributed by atoms with Crippen LogP contribution < -0.4 is 10.2 Å². The minimum Gasteiger partial charge on any atom is -0.493 e. The van der Waals surface area contributed by atoms with E-state index in [0.717, 1.165) is 33.9 Å². The second-order valence-electron chi connectivity index (χ2n) is 6.51. The molecule has 8 nitrogen and oxygen atoms in total. The zero-order valence-electron chi connectivity index (χ0n) is 15.5. The maximum absolute atomic E-state index is 12.3. The molecule has 2 aromatic heterocycles. The van der Waals surface area contributed by atoms with E-state index in [1.807, 2.05) is 24.3 Å². The van der Waals surface area contributed by atoms with Crippen LogP contribution in [0.1, 0.15) is 22.6 Å². The highest BCUT2D eigenvalue weighted by molar-refractivity contribution is 7.10. The molecule has 3 aromatic rings. The highest BCUT2D eigenvalue weighted by atomic mass is 32.1. The Morgan fingerprint density at radius 1 is 1.34 bits per heavy atom. The predicted octanol–water partition coefficient (Wildman–Crippen LogP) is 2.34. The van der Waals surface area contributed by atoms with Crippen molar-refractivity contribution in [1.82, 2.24) is 19.9 Å². The number of rotatable bonds is 7. The van der Waals surface area contributed by atoms with Crippen LogP contribution in [0.25, 0.3) is 11.6 Å². The van der Waals surface area contributed by atoms with E-state index in [1.54, 1.807) is 24.8 Å². The van der Waals surface area contributed by atoms with Crippen molar-refractivity contribution in [3.8, 4) is 5.88 Å². The Morgan fingerprint density at radius 2 is 2.21 bits per heavy atom. The van der Waals surface area contributed by atoms with Crippen molar-refractivity contribution in [2.24, 2.45) is 4.99 Å². The number of aliphatic imine (C=N–C) groups is 1. The average Bonchev–Trinajstić information content (AvgIpc) is 3.43. The molecule has 148 valence electrons. The molecule has 0 atom stereocenters. The Bertz CT molecular complexity index is 1140. The molecule has 0 unspecified atom stereocenters. The van der Waals surface area contributed by atoms with Gasteiger partial charge in [-0.25, -0.2) is 4.98 Å². The lowest BCUT2D eigenvalue weighted by atomic mass is 10.1. The quantitative estimate of drug-likeness (QED) is 0.556. The van der Waals surface area contributed by atoms with Gasteiger partial charge in [-0.1, -0.05) is 29.5 Å². The number of carbonyl (C=O) groups is 1. The molecule has 0 spiro atoms. The fraction of sp³-hybridized carbons (Fsp3) is 0.200. The number of para-hydroxylation sites is 1. The van der Waals surface area contributed by atoms with Gasteiger partial charge < -0.3 is 15.4 Å². The number of hydrogen-bond acceptors (Lipinski definition) is 6. The third-order valence-electron chi connectivity index (χ3n) is 4.57. The molecular formula is C20H19N5O3S. The highest BCUT2D eigenvalue weighted by Gasteiger charge is 2.17. The first kappa shape index (κ1) is 18.9. The lowest BCUT2D eigenvalue weighted by Crippen LogP contribution is -2.27. The number of nitrogens with zero attached hydrogens (tertiary/aromatic N) is 3. The largest absolute Gasteiger partial charge is 0.493 e. The van der Waals surface area contributed by atoms with E-state index in [-0.39, 0.29) is 29.6 Å². The van der Waals surface area contributed by atoms with Crippen molar-refractivity contribution in [1.29, 1.82) is 0 Å². The minimum absolute atomic E-state index is 0.105. The van der Waals surface area contributed by atoms with E-state index in [1.165, 1.54) is 4.57 Å². The van der Waals surface area contributed by atoms with Gasteiger partial charge in [0.15, 0.2) is 0 Å². The summed E-state index contributed by atoms with van der Waals surface area (Å²) >= 11 is 0.947. The fourth-order valence-electron chi connectivity index (χ4n) is 3.06. The summed E-state index contributed by atoms with van der Waals surface area (Å²) in [5, 5.41) is 13.3. The van der Waals surface area contributed by atoms with Crippen LogP contribution in [0.3, 0.4) is 0 Å². The number of allylic oxidation sites excluding steroid dienone is 1. The maximum Gasteiger partial charge on any atom is 0.310 e. The molecule has 0 aliphatic carbocycles. The van der Waals surface area contributed by atoms with E-state index in [9.17, 15) is 14.7 Å². The van der Waals surface area contributed by atoms with Gasteiger partial charge in [0.2, 0.25) is 11.8 Å². The van der Waals surface area contributed by atoms with Gasteiger partial charge in [-0.15, -0.1) is 0 Å². The number of aromatic nitrogens is 3. The molecule has 0 radical (unpaired) electrons. The second kappa shape index (κ2) is 8.27. The van der Waals surface area contributed by atoms with Gasteiger partial charge in [-0.3, -0.25) is 19.1 Å². The molecule has 0 saturated carbocycles. The number of imidazole rings is 1. The van der Waals surface area contributed by atoms with E-state index < -0.39 is 0 Å². The number of aromatic hydroxyl groups is 1. The molecule has 1 amide bonds. The number of nitrogens with one attached hydrogen (secondary N) is 2. The minimum atomic E-state index is -0.303. The normalized spacial score (nSPS) is 13.7. The van der Waals surface area contributed by atoms with E-state index >= 15 is 0 Å². The van der Waals surface area contributed by atoms with Gasteiger partial charge in [0.05, 0.1) is 16.9 Å². The summed E-state index contributed by atoms with van der Waals surface area (Å²) < 4.78 is 1.23. The van der Waals surface area contributed by atoms with Crippen LogP contribution in [-0.4, -0.2) is 38.3 Å². The summed E-state index contributed by atoms with van der Waals surface area (Å²) in [4.78, 5) is 35.7. The maximum atomic E-state index is 12.3. The van der Waals surface area contributed by atoms with Crippen LogP contribution in [0.15, 0.2) is 46.6 Å². The Kier molecular flexibility index (Phi) is 5.39. The van der Waals surface area contributed by atoms with Crippen LogP contribution in [-0.2, 0) is 17.8 Å². The Morgan fingerprint density at radius 3 is 3.03 bits per heavy atom. The van der Waals surface area contributed by atoms with E-state index in [4.69, 9.17) is 0 Å². The van der Waals surface area contributed by atoms with Gasteiger partial charge in [0.1, 0.15) is 0 Å². The standard InChI is InChI=1S/C20H19N5O3S/c26-18(22-7-5-14-11-21-12-24-14)6-8-25-19(27)17(29-20(25)28)9-13-10-23-16-4-2-1-3-15(13)16/h1-4,9-12,27H,5-8H2,(H,21,24)(H,22,26). The van der Waals surface area contributed by atoms with Crippen LogP contribution in [0, 0.1) is 0 Å². The summed E-state index contributed by atoms with van der Waals surface area (Å²) in [6.45, 7) is 0.590. The summed E-state index contributed by atoms with van der Waals surface area (Å²) in [7, 11) is 0. The lowest BCUT2D eigenvalue weighted by molar-refractivity contribution is -0.121. The average molecular weight is 409 g/mol. The molecule has 0 fully saturated rings. The molecule has 3 N–H and O–H groups in total. The molecule has 1 aliphatic rings. The van der Waals surface area contributed by atoms with Gasteiger partial charge in [-0.2, -0.15) is 0 Å². The van der Waals surface area contributed by atoms with Crippen molar-refractivity contribution in [2.45, 2.75) is 19.4 Å². The second-order valence-corrected chi connectivity index (χ2v) is 7.50. The first-order valence-electron chi connectivity index (χ1n) is 9.13. The highest BCUT2D eigenvalue weighted by Crippen LogP contribution is 2.34. The third kappa shape index (κ3) is 4.19. The molecule has 9 heteroatoms. The van der Waals surface area contributed by atoms with E-state index in [0.29, 0.717) is 17.8 Å². The monoisotopic (exact) mass is 409 g/mol. The first-order chi connectivity index (χ1) is 14.1. The van der Waals surface area contributed by atoms with Crippen molar-refractivity contribution in [2.75, 3.05) is 6.54 Å². The number of benzene rings is 1. The predicted molar refractivity (Wildman–Crippen MR) is 113 cm³/mol. The first-order valence-corrected chi connectivity index (χ1v) is 9.95. The number of fused-ring (bicyclic) bond motifs is 1. The van der Waals surface area contributed by atoms with Crippen molar-refractivity contribution >= 4 is 40.8 Å². The van der Waals surface area contributed by atoms with Crippen LogP contribution in [0.4, 0.5) is 5.69 Å². The summed E-state index contributed by atoms with van der Waals surface area (Å²) in [5.41, 5.74) is 3.58. The zero-order valence-corrected chi connectivity index (χ0v) is 16.3. The zero-order chi connectivity index (χ0) is 20.2. The van der Waals surface area contributed by atoms with Gasteiger partial charge in [-0.05, 0) is 12.1 Å². The van der Waals surface area contributed by atoms with Crippen LogP contribution >= 0.6 is 11.3 Å². The molecule has 4 rings (SSSR count). The Balaban J connectivity index is 1.39. The van der Waals surface area contributed by atoms with E-state index in [2.05, 4.69) is 20.3 Å².